The first-order valence-electron chi connectivity index (χ1n) is 8.66. The largest absolute Gasteiger partial charge is 0.348 e. The Balaban J connectivity index is 1.62. The lowest BCUT2D eigenvalue weighted by Gasteiger charge is -2.24. The van der Waals surface area contributed by atoms with Gasteiger partial charge >= 0.3 is 0 Å². The highest BCUT2D eigenvalue weighted by atomic mass is 35.5. The second kappa shape index (κ2) is 8.32. The Hall–Kier alpha value is -1.84. The predicted octanol–water partition coefficient (Wildman–Crippen LogP) is 2.84. The molecule has 1 fully saturated rings. The van der Waals surface area contributed by atoms with Gasteiger partial charge in [-0.3, -0.25) is 4.79 Å². The van der Waals surface area contributed by atoms with Crippen molar-refractivity contribution < 1.29 is 9.69 Å². The Morgan fingerprint density at radius 1 is 0.958 bits per heavy atom. The van der Waals surface area contributed by atoms with Crippen LogP contribution in [0.15, 0.2) is 48.5 Å². The number of carbonyl (C=O) groups is 1. The molecule has 0 aliphatic carbocycles. The third-order valence-corrected chi connectivity index (χ3v) is 4.92. The van der Waals surface area contributed by atoms with Gasteiger partial charge in [-0.05, 0) is 49.1 Å². The number of halogens is 1. The number of hydrogen-bond donors (Lipinski definition) is 2. The van der Waals surface area contributed by atoms with E-state index < -0.39 is 0 Å². The smallest absolute Gasteiger partial charge is 0.251 e. The van der Waals surface area contributed by atoms with Gasteiger partial charge in [0.25, 0.3) is 5.91 Å². The Morgan fingerprint density at radius 3 is 2.33 bits per heavy atom. The number of rotatable bonds is 5. The molecule has 0 atom stereocenters. The van der Waals surface area contributed by atoms with Crippen LogP contribution < -0.4 is 10.2 Å². The zero-order valence-corrected chi connectivity index (χ0v) is 14.6. The highest BCUT2D eigenvalue weighted by Crippen LogP contribution is 2.11. The average molecular weight is 344 g/mol. The number of quaternary nitrogens is 1. The maximum Gasteiger partial charge on any atom is 0.251 e. The number of hydrogen-bond acceptors (Lipinski definition) is 1. The summed E-state index contributed by atoms with van der Waals surface area (Å²) in [5.41, 5.74) is 3.18. The van der Waals surface area contributed by atoms with Crippen LogP contribution in [0, 0.1) is 0 Å². The monoisotopic (exact) mass is 343 g/mol. The molecule has 2 aromatic rings. The second-order valence-corrected chi connectivity index (χ2v) is 6.88. The van der Waals surface area contributed by atoms with Crippen LogP contribution in [-0.4, -0.2) is 19.0 Å². The molecule has 2 aromatic carbocycles. The Kier molecular flexibility index (Phi) is 5.89. The first-order chi connectivity index (χ1) is 11.7. The van der Waals surface area contributed by atoms with Crippen LogP contribution in [0.4, 0.5) is 0 Å². The van der Waals surface area contributed by atoms with Crippen LogP contribution in [0.3, 0.4) is 0 Å². The van der Waals surface area contributed by atoms with Gasteiger partial charge in [0, 0.05) is 22.7 Å². The molecule has 3 rings (SSSR count). The first-order valence-corrected chi connectivity index (χ1v) is 9.04. The van der Waals surface area contributed by atoms with Crippen LogP contribution in [-0.2, 0) is 13.1 Å². The lowest BCUT2D eigenvalue weighted by molar-refractivity contribution is -0.918. The second-order valence-electron chi connectivity index (χ2n) is 6.45. The molecule has 0 spiro atoms. The van der Waals surface area contributed by atoms with Crippen molar-refractivity contribution in [2.45, 2.75) is 32.4 Å². The van der Waals surface area contributed by atoms with E-state index in [0.717, 1.165) is 6.54 Å². The van der Waals surface area contributed by atoms with Gasteiger partial charge in [-0.25, -0.2) is 0 Å². The van der Waals surface area contributed by atoms with Crippen LogP contribution in [0.1, 0.15) is 40.7 Å². The van der Waals surface area contributed by atoms with E-state index in [4.69, 9.17) is 11.6 Å². The van der Waals surface area contributed by atoms with Gasteiger partial charge in [0.05, 0.1) is 13.1 Å². The molecule has 0 bridgehead atoms. The molecule has 1 aliphatic rings. The molecule has 24 heavy (non-hydrogen) atoms. The number of nitrogens with one attached hydrogen (secondary N) is 2. The maximum absolute atomic E-state index is 12.3. The fourth-order valence-electron chi connectivity index (χ4n) is 3.28. The minimum Gasteiger partial charge on any atom is -0.348 e. The summed E-state index contributed by atoms with van der Waals surface area (Å²) in [5, 5.41) is 3.66. The number of carbonyl (C=O) groups excluding carboxylic acids is 1. The van der Waals surface area contributed by atoms with E-state index >= 15 is 0 Å². The summed E-state index contributed by atoms with van der Waals surface area (Å²) in [6, 6.07) is 15.4. The van der Waals surface area contributed by atoms with Crippen molar-refractivity contribution in [2.75, 3.05) is 13.1 Å². The van der Waals surface area contributed by atoms with E-state index in [2.05, 4.69) is 23.5 Å². The summed E-state index contributed by atoms with van der Waals surface area (Å²) in [6.07, 6.45) is 4.01. The van der Waals surface area contributed by atoms with E-state index in [1.54, 1.807) is 29.2 Å². The van der Waals surface area contributed by atoms with Crippen molar-refractivity contribution in [1.82, 2.24) is 5.32 Å². The summed E-state index contributed by atoms with van der Waals surface area (Å²) in [7, 11) is 0. The molecule has 0 saturated carbocycles. The van der Waals surface area contributed by atoms with E-state index in [1.165, 1.54) is 43.5 Å². The van der Waals surface area contributed by atoms with Gasteiger partial charge in [-0.2, -0.15) is 0 Å². The van der Waals surface area contributed by atoms with E-state index in [-0.39, 0.29) is 5.91 Å². The minimum atomic E-state index is -0.0632. The summed E-state index contributed by atoms with van der Waals surface area (Å²) in [5.74, 6) is -0.0632. The highest BCUT2D eigenvalue weighted by Gasteiger charge is 2.16. The normalized spacial score (nSPS) is 15.2. The van der Waals surface area contributed by atoms with Gasteiger partial charge < -0.3 is 10.2 Å². The molecule has 0 unspecified atom stereocenters. The van der Waals surface area contributed by atoms with Crippen LogP contribution in [0.25, 0.3) is 0 Å². The quantitative estimate of drug-likeness (QED) is 0.860. The molecule has 0 radical (unpaired) electrons. The van der Waals surface area contributed by atoms with Crippen LogP contribution >= 0.6 is 11.6 Å². The van der Waals surface area contributed by atoms with Crippen molar-refractivity contribution in [3.05, 3.63) is 70.2 Å². The van der Waals surface area contributed by atoms with Gasteiger partial charge in [-0.1, -0.05) is 35.9 Å². The average Bonchev–Trinajstić information content (AvgIpc) is 2.62. The summed E-state index contributed by atoms with van der Waals surface area (Å²) < 4.78 is 0. The molecular weight excluding hydrogens is 320 g/mol. The Morgan fingerprint density at radius 2 is 1.62 bits per heavy atom. The molecule has 1 aliphatic heterocycles. The maximum atomic E-state index is 12.3. The summed E-state index contributed by atoms with van der Waals surface area (Å²) in [6.45, 7) is 4.12. The number of likely N-dealkylation sites (tertiary alicyclic amines) is 1. The van der Waals surface area contributed by atoms with E-state index in [0.29, 0.717) is 17.1 Å². The highest BCUT2D eigenvalue weighted by molar-refractivity contribution is 6.30. The molecule has 3 nitrogen and oxygen atoms in total. The van der Waals surface area contributed by atoms with Crippen molar-refractivity contribution in [3.63, 3.8) is 0 Å². The fraction of sp³-hybridized carbons (Fsp3) is 0.350. The first kappa shape index (κ1) is 17.0. The third-order valence-electron chi connectivity index (χ3n) is 4.67. The van der Waals surface area contributed by atoms with Crippen LogP contribution in [0.2, 0.25) is 5.02 Å². The van der Waals surface area contributed by atoms with Gasteiger partial charge in [0.1, 0.15) is 6.54 Å². The molecule has 1 saturated heterocycles. The molecular formula is C20H24ClN2O+. The van der Waals surface area contributed by atoms with E-state index in [1.807, 2.05) is 6.07 Å². The van der Waals surface area contributed by atoms with Crippen molar-refractivity contribution in [2.24, 2.45) is 0 Å². The number of piperidine rings is 1. The van der Waals surface area contributed by atoms with Gasteiger partial charge in [0.15, 0.2) is 0 Å². The van der Waals surface area contributed by atoms with Gasteiger partial charge in [-0.15, -0.1) is 0 Å². The number of benzene rings is 2. The van der Waals surface area contributed by atoms with Crippen LogP contribution in [0.5, 0.6) is 0 Å². The molecule has 4 heteroatoms. The summed E-state index contributed by atoms with van der Waals surface area (Å²) in [4.78, 5) is 13.9. The van der Waals surface area contributed by atoms with Crippen molar-refractivity contribution in [1.29, 1.82) is 0 Å². The Labute approximate surface area is 148 Å². The predicted molar refractivity (Wildman–Crippen MR) is 97.3 cm³/mol. The minimum absolute atomic E-state index is 0.0632. The molecule has 0 aromatic heterocycles. The third kappa shape index (κ3) is 4.59. The summed E-state index contributed by atoms with van der Waals surface area (Å²) >= 11 is 5.87. The SMILES string of the molecule is O=C(NCc1ccccc1C[NH+]1CCCCC1)c1ccc(Cl)cc1. The fourth-order valence-corrected chi connectivity index (χ4v) is 3.41. The number of amides is 1. The topological polar surface area (TPSA) is 33.5 Å². The lowest BCUT2D eigenvalue weighted by Crippen LogP contribution is -3.11. The Bertz CT molecular complexity index is 678. The molecule has 2 N–H and O–H groups in total. The van der Waals surface area contributed by atoms with E-state index in [9.17, 15) is 4.79 Å². The van der Waals surface area contributed by atoms with Crippen molar-refractivity contribution >= 4 is 17.5 Å². The zero-order chi connectivity index (χ0) is 16.8. The van der Waals surface area contributed by atoms with Crippen molar-refractivity contribution in [3.8, 4) is 0 Å². The lowest BCUT2D eigenvalue weighted by atomic mass is 10.0. The zero-order valence-electron chi connectivity index (χ0n) is 13.9. The van der Waals surface area contributed by atoms with Gasteiger partial charge in [0.2, 0.25) is 0 Å². The standard InChI is InChI=1S/C20H23ClN2O/c21-19-10-8-16(9-11-19)20(24)22-14-17-6-2-3-7-18(17)15-23-12-4-1-5-13-23/h2-3,6-11H,1,4-5,12-15H2,(H,22,24)/p+1. The molecule has 126 valence electrons. The molecule has 1 heterocycles. The molecule has 1 amide bonds.